The van der Waals surface area contributed by atoms with Crippen LogP contribution in [0.3, 0.4) is 0 Å². The summed E-state index contributed by atoms with van der Waals surface area (Å²) >= 11 is 0. The number of hydrogen-bond donors (Lipinski definition) is 1. The summed E-state index contributed by atoms with van der Waals surface area (Å²) in [7, 11) is 0. The molecule has 0 bridgehead atoms. The Morgan fingerprint density at radius 3 is 2.95 bits per heavy atom. The summed E-state index contributed by atoms with van der Waals surface area (Å²) in [5.41, 5.74) is 3.65. The Morgan fingerprint density at radius 1 is 1.45 bits per heavy atom. The predicted octanol–water partition coefficient (Wildman–Crippen LogP) is 1.94. The molecule has 1 heterocycles. The van der Waals surface area contributed by atoms with E-state index in [1.807, 2.05) is 24.3 Å². The van der Waals surface area contributed by atoms with Crippen LogP contribution in [-0.4, -0.2) is 27.4 Å². The second-order valence-electron chi connectivity index (χ2n) is 4.51. The van der Waals surface area contributed by atoms with Crippen molar-refractivity contribution in [3.8, 4) is 5.75 Å². The number of ether oxygens (including phenoxy) is 1. The molecular formula is C14H18N4O2. The summed E-state index contributed by atoms with van der Waals surface area (Å²) in [6, 6.07) is 7.78. The molecule has 0 radical (unpaired) electrons. The van der Waals surface area contributed by atoms with Gasteiger partial charge in [-0.3, -0.25) is 4.79 Å². The number of amides is 1. The number of para-hydroxylation sites is 1. The molecule has 0 saturated heterocycles. The van der Waals surface area contributed by atoms with Crippen LogP contribution in [0.5, 0.6) is 5.75 Å². The minimum absolute atomic E-state index is 0.0622. The lowest BCUT2D eigenvalue weighted by atomic mass is 9.98. The molecule has 2 aromatic rings. The molecule has 1 amide bonds. The van der Waals surface area contributed by atoms with E-state index in [4.69, 9.17) is 4.74 Å². The average Bonchev–Trinajstić information content (AvgIpc) is 2.97. The summed E-state index contributed by atoms with van der Waals surface area (Å²) in [5, 5.41) is 3.79. The lowest BCUT2D eigenvalue weighted by Gasteiger charge is -2.15. The predicted molar refractivity (Wildman–Crippen MR) is 75.0 cm³/mol. The highest BCUT2D eigenvalue weighted by Crippen LogP contribution is 2.28. The number of benzene rings is 1. The molecule has 106 valence electrons. The van der Waals surface area contributed by atoms with Crippen molar-refractivity contribution in [3.63, 3.8) is 0 Å². The Balaban J connectivity index is 1.95. The van der Waals surface area contributed by atoms with E-state index in [-0.39, 0.29) is 12.5 Å². The molecule has 1 unspecified atom stereocenters. The van der Waals surface area contributed by atoms with E-state index in [1.54, 1.807) is 0 Å². The minimum atomic E-state index is -0.283. The molecule has 1 atom stereocenters. The third-order valence-corrected chi connectivity index (χ3v) is 3.08. The van der Waals surface area contributed by atoms with Gasteiger partial charge in [-0.05, 0) is 24.0 Å². The first-order valence-corrected chi connectivity index (χ1v) is 6.57. The summed E-state index contributed by atoms with van der Waals surface area (Å²) in [4.78, 5) is 16.7. The largest absolute Gasteiger partial charge is 0.483 e. The zero-order chi connectivity index (χ0) is 14.4. The number of nitrogens with one attached hydrogen (secondary N) is 1. The Kier molecular flexibility index (Phi) is 4.70. The van der Waals surface area contributed by atoms with Crippen LogP contribution in [-0.2, 0) is 4.79 Å². The fourth-order valence-electron chi connectivity index (χ4n) is 1.81. The van der Waals surface area contributed by atoms with Crippen molar-refractivity contribution in [1.82, 2.24) is 14.9 Å². The fraction of sp³-hybridized carbons (Fsp3) is 0.357. The number of hydrogen-bond acceptors (Lipinski definition) is 4. The van der Waals surface area contributed by atoms with Crippen LogP contribution in [0.2, 0.25) is 0 Å². The van der Waals surface area contributed by atoms with E-state index in [2.05, 4.69) is 29.4 Å². The number of rotatable bonds is 6. The number of aromatic nitrogens is 3. The quantitative estimate of drug-likeness (QED) is 0.874. The van der Waals surface area contributed by atoms with Crippen LogP contribution in [0, 0.1) is 0 Å². The normalized spacial score (nSPS) is 11.9. The van der Waals surface area contributed by atoms with Crippen LogP contribution in [0.4, 0.5) is 0 Å². The van der Waals surface area contributed by atoms with E-state index in [9.17, 15) is 4.79 Å². The van der Waals surface area contributed by atoms with Gasteiger partial charge in [-0.25, -0.2) is 10.4 Å². The van der Waals surface area contributed by atoms with Gasteiger partial charge >= 0.3 is 0 Å². The van der Waals surface area contributed by atoms with Gasteiger partial charge in [0, 0.05) is 0 Å². The molecular weight excluding hydrogens is 256 g/mol. The van der Waals surface area contributed by atoms with Crippen LogP contribution in [0.15, 0.2) is 36.9 Å². The van der Waals surface area contributed by atoms with Gasteiger partial charge in [-0.1, -0.05) is 32.0 Å². The SMILES string of the molecule is CCC(C)c1ccccc1OCC(=O)Nn1cncn1. The molecule has 0 fully saturated rings. The Morgan fingerprint density at radius 2 is 2.25 bits per heavy atom. The molecule has 0 aliphatic heterocycles. The standard InChI is InChI=1S/C14H18N4O2/c1-3-11(2)12-6-4-5-7-13(12)20-8-14(19)17-18-10-15-9-16-18/h4-7,9-11H,3,8H2,1-2H3,(H,17,19). The molecule has 1 N–H and O–H groups in total. The van der Waals surface area contributed by atoms with Crippen molar-refractivity contribution < 1.29 is 9.53 Å². The van der Waals surface area contributed by atoms with E-state index < -0.39 is 0 Å². The van der Waals surface area contributed by atoms with Crippen LogP contribution in [0.1, 0.15) is 31.7 Å². The van der Waals surface area contributed by atoms with Gasteiger partial charge in [-0.2, -0.15) is 4.79 Å². The summed E-state index contributed by atoms with van der Waals surface area (Å²) in [6.07, 6.45) is 3.77. The maximum atomic E-state index is 11.7. The topological polar surface area (TPSA) is 69.0 Å². The van der Waals surface area contributed by atoms with Gasteiger partial charge in [0.25, 0.3) is 5.91 Å². The van der Waals surface area contributed by atoms with Crippen molar-refractivity contribution >= 4 is 5.91 Å². The summed E-state index contributed by atoms with van der Waals surface area (Å²) in [6.45, 7) is 4.20. The van der Waals surface area contributed by atoms with Crippen LogP contribution < -0.4 is 10.2 Å². The van der Waals surface area contributed by atoms with Crippen molar-refractivity contribution in [2.24, 2.45) is 0 Å². The lowest BCUT2D eigenvalue weighted by Crippen LogP contribution is -2.28. The zero-order valence-electron chi connectivity index (χ0n) is 11.6. The van der Waals surface area contributed by atoms with Crippen molar-refractivity contribution in [1.29, 1.82) is 0 Å². The van der Waals surface area contributed by atoms with Crippen molar-refractivity contribution in [2.45, 2.75) is 26.2 Å². The molecule has 1 aromatic heterocycles. The molecule has 2 rings (SSSR count). The zero-order valence-corrected chi connectivity index (χ0v) is 11.6. The smallest absolute Gasteiger partial charge is 0.278 e. The van der Waals surface area contributed by atoms with Crippen LogP contribution in [0.25, 0.3) is 0 Å². The third-order valence-electron chi connectivity index (χ3n) is 3.08. The molecule has 0 aliphatic rings. The van der Waals surface area contributed by atoms with Gasteiger partial charge in [0.05, 0.1) is 0 Å². The molecule has 1 aromatic carbocycles. The first-order chi connectivity index (χ1) is 9.70. The fourth-order valence-corrected chi connectivity index (χ4v) is 1.81. The lowest BCUT2D eigenvalue weighted by molar-refractivity contribution is -0.119. The van der Waals surface area contributed by atoms with Gasteiger partial charge < -0.3 is 4.74 Å². The highest BCUT2D eigenvalue weighted by atomic mass is 16.5. The molecule has 0 saturated carbocycles. The summed E-state index contributed by atoms with van der Waals surface area (Å²) < 4.78 is 5.60. The second-order valence-corrected chi connectivity index (χ2v) is 4.51. The molecule has 0 spiro atoms. The van der Waals surface area contributed by atoms with Crippen molar-refractivity contribution in [2.75, 3.05) is 12.0 Å². The minimum Gasteiger partial charge on any atom is -0.483 e. The first-order valence-electron chi connectivity index (χ1n) is 6.57. The Labute approximate surface area is 117 Å². The highest BCUT2D eigenvalue weighted by molar-refractivity contribution is 5.84. The van der Waals surface area contributed by atoms with E-state index >= 15 is 0 Å². The number of carbonyl (C=O) groups is 1. The highest BCUT2D eigenvalue weighted by Gasteiger charge is 2.11. The monoisotopic (exact) mass is 274 g/mol. The van der Waals surface area contributed by atoms with E-state index in [0.717, 1.165) is 17.7 Å². The molecule has 6 heteroatoms. The van der Waals surface area contributed by atoms with Crippen LogP contribution >= 0.6 is 0 Å². The van der Waals surface area contributed by atoms with Gasteiger partial charge in [-0.15, -0.1) is 5.10 Å². The maximum absolute atomic E-state index is 11.7. The first kappa shape index (κ1) is 14.0. The Hall–Kier alpha value is -2.37. The van der Waals surface area contributed by atoms with Gasteiger partial charge in [0.1, 0.15) is 18.4 Å². The average molecular weight is 274 g/mol. The van der Waals surface area contributed by atoms with E-state index in [1.165, 1.54) is 17.4 Å². The molecule has 20 heavy (non-hydrogen) atoms. The second kappa shape index (κ2) is 6.70. The molecule has 0 aliphatic carbocycles. The number of carbonyl (C=O) groups excluding carboxylic acids is 1. The third kappa shape index (κ3) is 3.57. The van der Waals surface area contributed by atoms with Gasteiger partial charge in [0.2, 0.25) is 0 Å². The summed E-state index contributed by atoms with van der Waals surface area (Å²) in [5.74, 6) is 0.856. The number of nitrogens with zero attached hydrogens (tertiary/aromatic N) is 3. The molecule has 6 nitrogen and oxygen atoms in total. The Bertz CT molecular complexity index is 554. The van der Waals surface area contributed by atoms with Crippen molar-refractivity contribution in [3.05, 3.63) is 42.5 Å². The maximum Gasteiger partial charge on any atom is 0.278 e. The van der Waals surface area contributed by atoms with Gasteiger partial charge in [0.15, 0.2) is 6.61 Å². The van der Waals surface area contributed by atoms with E-state index in [0.29, 0.717) is 5.92 Å².